The van der Waals surface area contributed by atoms with Gasteiger partial charge in [0.05, 0.1) is 4.92 Å². The van der Waals surface area contributed by atoms with Crippen LogP contribution in [0.25, 0.3) is 11.0 Å². The smallest absolute Gasteiger partial charge is 0.372 e. The number of benzene rings is 1. The van der Waals surface area contributed by atoms with Crippen molar-refractivity contribution >= 4 is 22.6 Å². The number of carboxylic acids is 1. The van der Waals surface area contributed by atoms with Gasteiger partial charge in [-0.3, -0.25) is 10.1 Å². The lowest BCUT2D eigenvalue weighted by molar-refractivity contribution is -0.385. The number of carbonyl (C=O) groups is 1. The van der Waals surface area contributed by atoms with E-state index in [-0.39, 0.29) is 11.4 Å². The van der Waals surface area contributed by atoms with Gasteiger partial charge in [0, 0.05) is 22.6 Å². The fraction of sp³-hybridized carbons (Fsp3) is 0.250. The van der Waals surface area contributed by atoms with Crippen molar-refractivity contribution in [1.29, 1.82) is 0 Å². The molecular formula is C12H9NO5. The average Bonchev–Trinajstić information content (AvgIpc) is 2.71. The van der Waals surface area contributed by atoms with Crippen LogP contribution in [0.2, 0.25) is 0 Å². The molecule has 1 aliphatic rings. The largest absolute Gasteiger partial charge is 0.475 e. The van der Waals surface area contributed by atoms with E-state index in [9.17, 15) is 14.9 Å². The van der Waals surface area contributed by atoms with Gasteiger partial charge in [-0.25, -0.2) is 4.79 Å². The number of aryl methyl sites for hydroxylation is 2. The molecule has 1 N–H and O–H groups in total. The SMILES string of the molecule is O=C(O)c1oc2ccc([N+](=O)[O-])c3c2c1CCC3. The first-order valence-electron chi connectivity index (χ1n) is 5.54. The predicted molar refractivity (Wildman–Crippen MR) is 61.9 cm³/mol. The maximum atomic E-state index is 11.1. The van der Waals surface area contributed by atoms with Gasteiger partial charge in [-0.15, -0.1) is 0 Å². The minimum atomic E-state index is -1.13. The molecule has 92 valence electrons. The van der Waals surface area contributed by atoms with Crippen LogP contribution >= 0.6 is 0 Å². The Bertz CT molecular complexity index is 673. The fourth-order valence-corrected chi connectivity index (χ4v) is 2.59. The van der Waals surface area contributed by atoms with E-state index in [0.717, 1.165) is 0 Å². The molecule has 1 heterocycles. The third-order valence-corrected chi connectivity index (χ3v) is 3.28. The first-order valence-corrected chi connectivity index (χ1v) is 5.54. The Morgan fingerprint density at radius 2 is 2.06 bits per heavy atom. The predicted octanol–water partition coefficient (Wildman–Crippen LogP) is 2.53. The zero-order chi connectivity index (χ0) is 12.9. The number of rotatable bonds is 2. The standard InChI is InChI=1S/C12H9NO5/c14-12(15)11-7-3-1-2-6-8(13(16)17)4-5-9(18-11)10(6)7/h4-5H,1-3H2,(H,14,15). The maximum Gasteiger partial charge on any atom is 0.372 e. The summed E-state index contributed by atoms with van der Waals surface area (Å²) in [6.07, 6.45) is 1.87. The number of nitro benzene ring substituents is 1. The second-order valence-electron chi connectivity index (χ2n) is 4.26. The number of furan rings is 1. The average molecular weight is 247 g/mol. The minimum Gasteiger partial charge on any atom is -0.475 e. The van der Waals surface area contributed by atoms with Gasteiger partial charge in [0.15, 0.2) is 0 Å². The summed E-state index contributed by atoms with van der Waals surface area (Å²) in [6.45, 7) is 0. The first kappa shape index (κ1) is 10.8. The van der Waals surface area contributed by atoms with Crippen LogP contribution in [0.15, 0.2) is 16.5 Å². The van der Waals surface area contributed by atoms with E-state index in [4.69, 9.17) is 9.52 Å². The van der Waals surface area contributed by atoms with Gasteiger partial charge in [-0.1, -0.05) is 0 Å². The summed E-state index contributed by atoms with van der Waals surface area (Å²) in [5.74, 6) is -1.22. The zero-order valence-corrected chi connectivity index (χ0v) is 9.30. The van der Waals surface area contributed by atoms with E-state index in [1.165, 1.54) is 12.1 Å². The van der Waals surface area contributed by atoms with Crippen LogP contribution in [-0.4, -0.2) is 16.0 Å². The van der Waals surface area contributed by atoms with Crippen LogP contribution < -0.4 is 0 Å². The lowest BCUT2D eigenvalue weighted by Crippen LogP contribution is -2.06. The van der Waals surface area contributed by atoms with Crippen LogP contribution in [-0.2, 0) is 12.8 Å². The van der Waals surface area contributed by atoms with Gasteiger partial charge in [0.1, 0.15) is 5.58 Å². The van der Waals surface area contributed by atoms with Crippen molar-refractivity contribution in [3.05, 3.63) is 39.1 Å². The number of aromatic carboxylic acids is 1. The van der Waals surface area contributed by atoms with E-state index >= 15 is 0 Å². The summed E-state index contributed by atoms with van der Waals surface area (Å²) in [5.41, 5.74) is 1.64. The van der Waals surface area contributed by atoms with Gasteiger partial charge in [-0.2, -0.15) is 0 Å². The number of hydrogen-bond donors (Lipinski definition) is 1. The highest BCUT2D eigenvalue weighted by Gasteiger charge is 2.29. The third-order valence-electron chi connectivity index (χ3n) is 3.28. The topological polar surface area (TPSA) is 93.6 Å². The van der Waals surface area contributed by atoms with Crippen molar-refractivity contribution in [2.75, 3.05) is 0 Å². The molecule has 0 saturated carbocycles. The van der Waals surface area contributed by atoms with Crippen LogP contribution in [0.4, 0.5) is 5.69 Å². The molecule has 1 aromatic carbocycles. The molecule has 2 aromatic rings. The van der Waals surface area contributed by atoms with Gasteiger partial charge in [-0.05, 0) is 25.3 Å². The number of carboxylic acid groups (broad SMARTS) is 1. The molecule has 6 heteroatoms. The van der Waals surface area contributed by atoms with Crippen molar-refractivity contribution in [3.8, 4) is 0 Å². The maximum absolute atomic E-state index is 11.1. The van der Waals surface area contributed by atoms with E-state index < -0.39 is 10.9 Å². The molecule has 0 amide bonds. The molecule has 1 aliphatic carbocycles. The third kappa shape index (κ3) is 1.32. The lowest BCUT2D eigenvalue weighted by Gasteiger charge is -2.11. The van der Waals surface area contributed by atoms with E-state index in [1.54, 1.807) is 0 Å². The zero-order valence-electron chi connectivity index (χ0n) is 9.30. The molecule has 0 saturated heterocycles. The van der Waals surface area contributed by atoms with Gasteiger partial charge >= 0.3 is 5.97 Å². The molecule has 0 fully saturated rings. The lowest BCUT2D eigenvalue weighted by atomic mass is 9.90. The van der Waals surface area contributed by atoms with Crippen LogP contribution in [0.5, 0.6) is 0 Å². The van der Waals surface area contributed by atoms with Crippen LogP contribution in [0.1, 0.15) is 28.1 Å². The Morgan fingerprint density at radius 1 is 1.33 bits per heavy atom. The number of nitrogens with zero attached hydrogens (tertiary/aromatic N) is 1. The van der Waals surface area contributed by atoms with Crippen molar-refractivity contribution in [2.45, 2.75) is 19.3 Å². The Kier molecular flexibility index (Phi) is 2.13. The highest BCUT2D eigenvalue weighted by molar-refractivity contribution is 5.98. The van der Waals surface area contributed by atoms with Crippen molar-refractivity contribution in [1.82, 2.24) is 0 Å². The van der Waals surface area contributed by atoms with Crippen molar-refractivity contribution < 1.29 is 19.2 Å². The molecule has 0 spiro atoms. The normalized spacial score (nSPS) is 13.8. The summed E-state index contributed by atoms with van der Waals surface area (Å²) < 4.78 is 5.28. The quantitative estimate of drug-likeness (QED) is 0.650. The second-order valence-corrected chi connectivity index (χ2v) is 4.26. The monoisotopic (exact) mass is 247 g/mol. The molecule has 0 bridgehead atoms. The van der Waals surface area contributed by atoms with Crippen LogP contribution in [0, 0.1) is 10.1 Å². The number of hydrogen-bond acceptors (Lipinski definition) is 4. The second kappa shape index (κ2) is 3.56. The Morgan fingerprint density at radius 3 is 2.72 bits per heavy atom. The summed E-state index contributed by atoms with van der Waals surface area (Å²) in [5, 5.41) is 20.6. The summed E-state index contributed by atoms with van der Waals surface area (Å²) in [7, 11) is 0. The van der Waals surface area contributed by atoms with Crippen molar-refractivity contribution in [2.24, 2.45) is 0 Å². The molecule has 0 radical (unpaired) electrons. The molecule has 3 rings (SSSR count). The van der Waals surface area contributed by atoms with E-state index in [2.05, 4.69) is 0 Å². The highest BCUT2D eigenvalue weighted by atomic mass is 16.6. The first-order chi connectivity index (χ1) is 8.59. The van der Waals surface area contributed by atoms with Crippen LogP contribution in [0.3, 0.4) is 0 Å². The van der Waals surface area contributed by atoms with E-state index in [0.29, 0.717) is 41.4 Å². The van der Waals surface area contributed by atoms with E-state index in [1.807, 2.05) is 0 Å². The Balaban J connectivity index is 2.41. The van der Waals surface area contributed by atoms with Crippen molar-refractivity contribution in [3.63, 3.8) is 0 Å². The molecule has 0 atom stereocenters. The fourth-order valence-electron chi connectivity index (χ4n) is 2.59. The molecule has 0 unspecified atom stereocenters. The molecule has 0 aliphatic heterocycles. The minimum absolute atomic E-state index is 0.0428. The molecular weight excluding hydrogens is 238 g/mol. The Hall–Kier alpha value is -2.37. The summed E-state index contributed by atoms with van der Waals surface area (Å²) >= 11 is 0. The van der Waals surface area contributed by atoms with Gasteiger partial charge in [0.2, 0.25) is 5.76 Å². The summed E-state index contributed by atoms with van der Waals surface area (Å²) in [6, 6.07) is 2.85. The molecule has 6 nitrogen and oxygen atoms in total. The van der Waals surface area contributed by atoms with Gasteiger partial charge < -0.3 is 9.52 Å². The Labute approximate surface area is 101 Å². The molecule has 18 heavy (non-hydrogen) atoms. The van der Waals surface area contributed by atoms with Gasteiger partial charge in [0.25, 0.3) is 5.69 Å². The summed E-state index contributed by atoms with van der Waals surface area (Å²) in [4.78, 5) is 21.6. The molecule has 1 aromatic heterocycles. The highest BCUT2D eigenvalue weighted by Crippen LogP contribution is 2.38. The number of nitro groups is 1.